The first-order valence-corrected chi connectivity index (χ1v) is 11.8. The molecule has 1 aliphatic carbocycles. The minimum absolute atomic E-state index is 0.0454. The van der Waals surface area contributed by atoms with Gasteiger partial charge in [0.05, 0.1) is 6.54 Å². The third-order valence-corrected chi connectivity index (χ3v) is 7.25. The molecule has 2 aromatic heterocycles. The SMILES string of the molecule is CSc1nc2sc3c(n2c(=O)c1C(=O)NCC(=O)N1CCCC1)CCCCC3. The Balaban J connectivity index is 1.66. The van der Waals surface area contributed by atoms with Gasteiger partial charge < -0.3 is 10.2 Å². The molecule has 2 aliphatic rings. The van der Waals surface area contributed by atoms with Crippen molar-refractivity contribution in [3.05, 3.63) is 26.5 Å². The number of hydrogen-bond donors (Lipinski definition) is 1. The molecule has 2 amide bonds. The summed E-state index contributed by atoms with van der Waals surface area (Å²) in [5.41, 5.74) is 0.730. The molecule has 28 heavy (non-hydrogen) atoms. The van der Waals surface area contributed by atoms with E-state index in [1.165, 1.54) is 16.6 Å². The quantitative estimate of drug-likeness (QED) is 0.465. The molecule has 1 N–H and O–H groups in total. The number of hydrogen-bond acceptors (Lipinski definition) is 6. The van der Waals surface area contributed by atoms with Crippen LogP contribution in [0.3, 0.4) is 0 Å². The molecule has 4 rings (SSSR count). The highest BCUT2D eigenvalue weighted by Crippen LogP contribution is 2.29. The van der Waals surface area contributed by atoms with Crippen LogP contribution >= 0.6 is 23.1 Å². The van der Waals surface area contributed by atoms with Crippen LogP contribution in [0.2, 0.25) is 0 Å². The van der Waals surface area contributed by atoms with Crippen molar-refractivity contribution in [3.63, 3.8) is 0 Å². The van der Waals surface area contributed by atoms with E-state index < -0.39 is 5.91 Å². The van der Waals surface area contributed by atoms with E-state index >= 15 is 0 Å². The highest BCUT2D eigenvalue weighted by Gasteiger charge is 2.25. The number of nitrogens with one attached hydrogen (secondary N) is 1. The van der Waals surface area contributed by atoms with E-state index in [4.69, 9.17) is 0 Å². The van der Waals surface area contributed by atoms with Crippen molar-refractivity contribution in [1.29, 1.82) is 0 Å². The van der Waals surface area contributed by atoms with Crippen molar-refractivity contribution >= 4 is 39.9 Å². The summed E-state index contributed by atoms with van der Waals surface area (Å²) >= 11 is 2.85. The van der Waals surface area contributed by atoms with Crippen LogP contribution in [0.4, 0.5) is 0 Å². The van der Waals surface area contributed by atoms with Crippen LogP contribution in [0.15, 0.2) is 9.82 Å². The molecule has 0 spiro atoms. The third kappa shape index (κ3) is 3.57. The highest BCUT2D eigenvalue weighted by atomic mass is 32.2. The zero-order valence-electron chi connectivity index (χ0n) is 16.0. The fraction of sp³-hybridized carbons (Fsp3) is 0.579. The second-order valence-electron chi connectivity index (χ2n) is 7.22. The molecule has 0 radical (unpaired) electrons. The largest absolute Gasteiger partial charge is 0.343 e. The first kappa shape index (κ1) is 19.4. The first-order chi connectivity index (χ1) is 13.6. The Morgan fingerprint density at radius 1 is 1.14 bits per heavy atom. The number of carbonyl (C=O) groups is 2. The molecule has 1 fully saturated rings. The molecule has 2 aromatic rings. The van der Waals surface area contributed by atoms with E-state index in [1.807, 2.05) is 6.26 Å². The van der Waals surface area contributed by atoms with Gasteiger partial charge in [-0.2, -0.15) is 0 Å². The Hall–Kier alpha value is -1.87. The fourth-order valence-electron chi connectivity index (χ4n) is 3.95. The Kier molecular flexibility index (Phi) is 5.73. The molecule has 0 unspecified atom stereocenters. The van der Waals surface area contributed by atoms with Crippen molar-refractivity contribution in [3.8, 4) is 0 Å². The lowest BCUT2D eigenvalue weighted by atomic mass is 10.2. The molecular weight excluding hydrogens is 396 g/mol. The molecule has 150 valence electrons. The summed E-state index contributed by atoms with van der Waals surface area (Å²) in [7, 11) is 0. The van der Waals surface area contributed by atoms with Crippen molar-refractivity contribution in [1.82, 2.24) is 19.6 Å². The van der Waals surface area contributed by atoms with Gasteiger partial charge in [0, 0.05) is 23.7 Å². The van der Waals surface area contributed by atoms with E-state index in [1.54, 1.807) is 20.6 Å². The second kappa shape index (κ2) is 8.24. The summed E-state index contributed by atoms with van der Waals surface area (Å²) < 4.78 is 1.63. The average molecular weight is 421 g/mol. The summed E-state index contributed by atoms with van der Waals surface area (Å²) in [6.45, 7) is 1.39. The minimum Gasteiger partial charge on any atom is -0.343 e. The molecule has 1 aliphatic heterocycles. The van der Waals surface area contributed by atoms with Gasteiger partial charge in [-0.3, -0.25) is 18.8 Å². The van der Waals surface area contributed by atoms with Crippen LogP contribution in [-0.4, -0.2) is 52.0 Å². The summed E-state index contributed by atoms with van der Waals surface area (Å²) in [6.07, 6.45) is 8.93. The Morgan fingerprint density at radius 3 is 2.64 bits per heavy atom. The van der Waals surface area contributed by atoms with Crippen LogP contribution in [0, 0.1) is 0 Å². The summed E-state index contributed by atoms with van der Waals surface area (Å²) in [6, 6.07) is 0. The van der Waals surface area contributed by atoms with Gasteiger partial charge in [-0.05, 0) is 44.8 Å². The normalized spacial score (nSPS) is 16.8. The number of amides is 2. The Bertz CT molecular complexity index is 976. The van der Waals surface area contributed by atoms with Crippen LogP contribution in [0.1, 0.15) is 53.0 Å². The maximum absolute atomic E-state index is 13.3. The maximum Gasteiger partial charge on any atom is 0.272 e. The van der Waals surface area contributed by atoms with Gasteiger partial charge in [0.15, 0.2) is 4.96 Å². The fourth-order valence-corrected chi connectivity index (χ4v) is 5.77. The number of fused-ring (bicyclic) bond motifs is 3. The number of aromatic nitrogens is 2. The second-order valence-corrected chi connectivity index (χ2v) is 9.08. The number of carbonyl (C=O) groups excluding carboxylic acids is 2. The zero-order valence-corrected chi connectivity index (χ0v) is 17.6. The van der Waals surface area contributed by atoms with E-state index in [0.717, 1.165) is 63.7 Å². The van der Waals surface area contributed by atoms with Crippen molar-refractivity contribution in [2.45, 2.75) is 50.0 Å². The lowest BCUT2D eigenvalue weighted by molar-refractivity contribution is -0.129. The van der Waals surface area contributed by atoms with Gasteiger partial charge in [-0.15, -0.1) is 23.1 Å². The van der Waals surface area contributed by atoms with E-state index in [2.05, 4.69) is 10.3 Å². The smallest absolute Gasteiger partial charge is 0.272 e. The third-order valence-electron chi connectivity index (χ3n) is 5.42. The van der Waals surface area contributed by atoms with E-state index in [-0.39, 0.29) is 23.6 Å². The van der Waals surface area contributed by atoms with Crippen LogP contribution in [-0.2, 0) is 17.6 Å². The summed E-state index contributed by atoms with van der Waals surface area (Å²) in [5.74, 6) is -0.618. The number of thioether (sulfide) groups is 1. The lowest BCUT2D eigenvalue weighted by Crippen LogP contribution is -2.40. The minimum atomic E-state index is -0.516. The first-order valence-electron chi connectivity index (χ1n) is 9.77. The van der Waals surface area contributed by atoms with Gasteiger partial charge >= 0.3 is 0 Å². The Morgan fingerprint density at radius 2 is 1.89 bits per heavy atom. The molecule has 3 heterocycles. The molecule has 7 nitrogen and oxygen atoms in total. The van der Waals surface area contributed by atoms with E-state index in [9.17, 15) is 14.4 Å². The van der Waals surface area contributed by atoms with Crippen LogP contribution < -0.4 is 10.9 Å². The van der Waals surface area contributed by atoms with Crippen molar-refractivity contribution in [2.24, 2.45) is 0 Å². The molecule has 1 saturated heterocycles. The van der Waals surface area contributed by atoms with Crippen molar-refractivity contribution < 1.29 is 9.59 Å². The zero-order chi connectivity index (χ0) is 19.7. The van der Waals surface area contributed by atoms with Gasteiger partial charge in [0.1, 0.15) is 10.6 Å². The van der Waals surface area contributed by atoms with Gasteiger partial charge in [-0.1, -0.05) is 6.42 Å². The molecule has 0 atom stereocenters. The predicted octanol–water partition coefficient (Wildman–Crippen LogP) is 2.10. The molecule has 9 heteroatoms. The standard InChI is InChI=1S/C19H24N4O3S2/c1-27-17-15(16(25)20-11-14(24)22-9-5-6-10-22)18(26)23-12-7-3-2-4-8-13(12)28-19(23)21-17/h2-11H2,1H3,(H,20,25). The number of aryl methyl sites for hydroxylation is 2. The number of nitrogens with zero attached hydrogens (tertiary/aromatic N) is 3. The highest BCUT2D eigenvalue weighted by molar-refractivity contribution is 7.98. The Labute approximate surface area is 171 Å². The maximum atomic E-state index is 13.3. The van der Waals surface area contributed by atoms with Crippen LogP contribution in [0.25, 0.3) is 4.96 Å². The van der Waals surface area contributed by atoms with Gasteiger partial charge in [0.25, 0.3) is 11.5 Å². The molecule has 0 saturated carbocycles. The average Bonchev–Trinajstić information content (AvgIpc) is 3.29. The van der Waals surface area contributed by atoms with Gasteiger partial charge in [-0.25, -0.2) is 4.98 Å². The molecule has 0 aromatic carbocycles. The summed E-state index contributed by atoms with van der Waals surface area (Å²) in [4.78, 5) is 46.5. The molecular formula is C19H24N4O3S2. The lowest BCUT2D eigenvalue weighted by Gasteiger charge is -2.15. The monoisotopic (exact) mass is 420 g/mol. The molecule has 0 bridgehead atoms. The van der Waals surface area contributed by atoms with Crippen LogP contribution in [0.5, 0.6) is 0 Å². The number of thiazole rings is 1. The van der Waals surface area contributed by atoms with Gasteiger partial charge in [0.2, 0.25) is 5.91 Å². The topological polar surface area (TPSA) is 83.8 Å². The number of rotatable bonds is 4. The summed E-state index contributed by atoms with van der Waals surface area (Å²) in [5, 5.41) is 3.07. The number of likely N-dealkylation sites (tertiary alicyclic amines) is 1. The predicted molar refractivity (Wildman–Crippen MR) is 111 cm³/mol. The van der Waals surface area contributed by atoms with E-state index in [0.29, 0.717) is 9.99 Å². The van der Waals surface area contributed by atoms with Crippen molar-refractivity contribution in [2.75, 3.05) is 25.9 Å².